The molecule has 0 aliphatic heterocycles. The van der Waals surface area contributed by atoms with Crippen LogP contribution in [0.1, 0.15) is 35.5 Å². The Labute approximate surface area is 199 Å². The van der Waals surface area contributed by atoms with Gasteiger partial charge in [-0.15, -0.1) is 12.4 Å². The average Bonchev–Trinajstić information content (AvgIpc) is 3.04. The van der Waals surface area contributed by atoms with Gasteiger partial charge in [0.05, 0.1) is 5.02 Å². The number of hydrogen-bond donors (Lipinski definition) is 2. The van der Waals surface area contributed by atoms with E-state index in [1.54, 1.807) is 24.4 Å². The van der Waals surface area contributed by atoms with Gasteiger partial charge in [-0.3, -0.25) is 4.79 Å². The molecule has 0 radical (unpaired) electrons. The van der Waals surface area contributed by atoms with Crippen molar-refractivity contribution in [1.82, 2.24) is 20.1 Å². The Kier molecular flexibility index (Phi) is 8.70. The first-order valence-corrected chi connectivity index (χ1v) is 10.5. The summed E-state index contributed by atoms with van der Waals surface area (Å²) in [5, 5.41) is 11.7. The third-order valence-electron chi connectivity index (χ3n) is 4.17. The normalized spacial score (nSPS) is 10.8. The van der Waals surface area contributed by atoms with Crippen LogP contribution in [0.15, 0.2) is 41.1 Å². The van der Waals surface area contributed by atoms with Crippen LogP contribution < -0.4 is 10.6 Å². The average molecular weight is 534 g/mol. The molecule has 0 bridgehead atoms. The molecule has 2 aromatic heterocycles. The van der Waals surface area contributed by atoms with Gasteiger partial charge in [-0.1, -0.05) is 37.0 Å². The quantitative estimate of drug-likeness (QED) is 0.419. The Morgan fingerprint density at radius 1 is 1.27 bits per heavy atom. The second-order valence-corrected chi connectivity index (χ2v) is 8.48. The number of hydrogen-bond acceptors (Lipinski definition) is 4. The lowest BCUT2D eigenvalue weighted by Gasteiger charge is -2.17. The summed E-state index contributed by atoms with van der Waals surface area (Å²) in [7, 11) is 0. The molecule has 10 heteroatoms. The molecule has 30 heavy (non-hydrogen) atoms. The van der Waals surface area contributed by atoms with Gasteiger partial charge in [0.1, 0.15) is 10.3 Å². The summed E-state index contributed by atoms with van der Waals surface area (Å²) in [6.45, 7) is 6.59. The lowest BCUT2D eigenvalue weighted by Crippen LogP contribution is -2.24. The van der Waals surface area contributed by atoms with Crippen LogP contribution >= 0.6 is 51.5 Å². The van der Waals surface area contributed by atoms with Gasteiger partial charge in [-0.05, 0) is 58.2 Å². The van der Waals surface area contributed by atoms with Crippen LogP contribution in [0.5, 0.6) is 0 Å². The molecule has 0 aliphatic carbocycles. The van der Waals surface area contributed by atoms with Crippen LogP contribution in [0.3, 0.4) is 0 Å². The molecule has 1 amide bonds. The van der Waals surface area contributed by atoms with Crippen molar-refractivity contribution in [2.45, 2.75) is 33.4 Å². The van der Waals surface area contributed by atoms with Crippen molar-refractivity contribution in [3.05, 3.63) is 68.0 Å². The Morgan fingerprint density at radius 3 is 2.67 bits per heavy atom. The van der Waals surface area contributed by atoms with Gasteiger partial charge in [0, 0.05) is 35.6 Å². The molecule has 0 spiro atoms. The van der Waals surface area contributed by atoms with Crippen molar-refractivity contribution >= 4 is 63.1 Å². The first-order chi connectivity index (χ1) is 13.8. The molecular weight excluding hydrogens is 513 g/mol. The van der Waals surface area contributed by atoms with Gasteiger partial charge in [0.25, 0.3) is 5.91 Å². The van der Waals surface area contributed by atoms with Crippen LogP contribution in [0.4, 0.5) is 5.69 Å². The molecule has 2 heterocycles. The number of pyridine rings is 1. The Morgan fingerprint density at radius 2 is 2.00 bits per heavy atom. The molecule has 0 unspecified atom stereocenters. The summed E-state index contributed by atoms with van der Waals surface area (Å²) in [6.07, 6.45) is 1.59. The second-order valence-electron chi connectivity index (χ2n) is 6.82. The minimum absolute atomic E-state index is 0. The van der Waals surface area contributed by atoms with E-state index in [-0.39, 0.29) is 18.3 Å². The Hall–Kier alpha value is -1.64. The highest BCUT2D eigenvalue weighted by Gasteiger charge is 2.20. The number of amides is 1. The molecule has 0 saturated carbocycles. The zero-order valence-electron chi connectivity index (χ0n) is 16.5. The zero-order valence-corrected chi connectivity index (χ0v) is 20.5. The van der Waals surface area contributed by atoms with E-state index >= 15 is 0 Å². The fraction of sp³-hybridized carbons (Fsp3) is 0.250. The number of carbonyl (C=O) groups excluding carboxylic acids is 1. The standard InChI is InChI=1S/C20H20BrCl2N5O.ClH/c1-11(2)25-10-13-8-14(22)7-12(3)18(13)26-20(29)16-9-17(21)27-28(16)19-15(23)5-4-6-24-19;/h4-9,11,25H,10H2,1-3H3,(H,26,29);1H. The maximum absolute atomic E-state index is 13.1. The molecule has 2 N–H and O–H groups in total. The first-order valence-electron chi connectivity index (χ1n) is 8.96. The van der Waals surface area contributed by atoms with Gasteiger partial charge in [-0.25, -0.2) is 9.67 Å². The van der Waals surface area contributed by atoms with E-state index in [0.29, 0.717) is 44.4 Å². The number of carbonyl (C=O) groups is 1. The van der Waals surface area contributed by atoms with E-state index in [9.17, 15) is 4.79 Å². The van der Waals surface area contributed by atoms with E-state index in [2.05, 4.69) is 50.5 Å². The highest BCUT2D eigenvalue weighted by molar-refractivity contribution is 9.10. The largest absolute Gasteiger partial charge is 0.320 e. The first kappa shape index (κ1) is 24.6. The summed E-state index contributed by atoms with van der Waals surface area (Å²) >= 11 is 15.8. The minimum atomic E-state index is -0.332. The predicted octanol–water partition coefficient (Wildman–Crippen LogP) is 5.82. The van der Waals surface area contributed by atoms with Crippen LogP contribution in [0.25, 0.3) is 5.82 Å². The lowest BCUT2D eigenvalue weighted by molar-refractivity contribution is 0.101. The number of benzene rings is 1. The van der Waals surface area contributed by atoms with Crippen LogP contribution in [0.2, 0.25) is 10.0 Å². The molecule has 6 nitrogen and oxygen atoms in total. The van der Waals surface area contributed by atoms with Gasteiger partial charge >= 0.3 is 0 Å². The van der Waals surface area contributed by atoms with Crippen LogP contribution in [-0.4, -0.2) is 26.7 Å². The highest BCUT2D eigenvalue weighted by Crippen LogP contribution is 2.27. The number of anilines is 1. The molecule has 0 saturated heterocycles. The van der Waals surface area contributed by atoms with Gasteiger partial charge < -0.3 is 10.6 Å². The molecule has 0 aliphatic rings. The minimum Gasteiger partial charge on any atom is -0.320 e. The summed E-state index contributed by atoms with van der Waals surface area (Å²) in [4.78, 5) is 17.4. The van der Waals surface area contributed by atoms with E-state index in [1.807, 2.05) is 19.1 Å². The maximum Gasteiger partial charge on any atom is 0.274 e. The van der Waals surface area contributed by atoms with Crippen molar-refractivity contribution in [3.63, 3.8) is 0 Å². The Bertz CT molecular complexity index is 1050. The monoisotopic (exact) mass is 531 g/mol. The summed E-state index contributed by atoms with van der Waals surface area (Å²) in [6, 6.07) is 9.00. The second kappa shape index (κ2) is 10.6. The third-order valence-corrected chi connectivity index (χ3v) is 5.07. The molecule has 0 atom stereocenters. The number of aromatic nitrogens is 3. The molecule has 3 rings (SSSR count). The predicted molar refractivity (Wildman–Crippen MR) is 127 cm³/mol. The van der Waals surface area contributed by atoms with E-state index in [1.165, 1.54) is 4.68 Å². The van der Waals surface area contributed by atoms with Crippen molar-refractivity contribution < 1.29 is 4.79 Å². The summed E-state index contributed by atoms with van der Waals surface area (Å²) < 4.78 is 1.91. The number of nitrogens with zero attached hydrogens (tertiary/aromatic N) is 3. The van der Waals surface area contributed by atoms with E-state index in [0.717, 1.165) is 11.1 Å². The Balaban J connectivity index is 0.00000320. The van der Waals surface area contributed by atoms with E-state index in [4.69, 9.17) is 23.2 Å². The number of nitrogens with one attached hydrogen (secondary N) is 2. The van der Waals surface area contributed by atoms with Crippen molar-refractivity contribution in [2.75, 3.05) is 5.32 Å². The van der Waals surface area contributed by atoms with Crippen molar-refractivity contribution in [3.8, 4) is 5.82 Å². The molecule has 0 fully saturated rings. The fourth-order valence-corrected chi connectivity index (χ4v) is 3.70. The smallest absolute Gasteiger partial charge is 0.274 e. The summed E-state index contributed by atoms with van der Waals surface area (Å²) in [5.74, 6) is 0.0423. The third kappa shape index (κ3) is 5.74. The SMILES string of the molecule is Cc1cc(Cl)cc(CNC(C)C)c1NC(=O)c1cc(Br)nn1-c1ncccc1Cl.Cl. The number of rotatable bonds is 6. The number of aryl methyl sites for hydroxylation is 1. The molecule has 1 aromatic carbocycles. The summed E-state index contributed by atoms with van der Waals surface area (Å²) in [5.41, 5.74) is 2.78. The topological polar surface area (TPSA) is 71.8 Å². The number of halogens is 4. The van der Waals surface area contributed by atoms with Gasteiger partial charge in [-0.2, -0.15) is 5.10 Å². The maximum atomic E-state index is 13.1. The van der Waals surface area contributed by atoms with Crippen molar-refractivity contribution in [2.24, 2.45) is 0 Å². The van der Waals surface area contributed by atoms with Gasteiger partial charge in [0.2, 0.25) is 0 Å². The van der Waals surface area contributed by atoms with Gasteiger partial charge in [0.15, 0.2) is 5.82 Å². The zero-order chi connectivity index (χ0) is 21.1. The van der Waals surface area contributed by atoms with Crippen LogP contribution in [0, 0.1) is 6.92 Å². The lowest BCUT2D eigenvalue weighted by atomic mass is 10.1. The molecular formula is C20H21BrCl3N5O. The van der Waals surface area contributed by atoms with Crippen LogP contribution in [-0.2, 0) is 6.54 Å². The fourth-order valence-electron chi connectivity index (χ4n) is 2.83. The van der Waals surface area contributed by atoms with E-state index < -0.39 is 0 Å². The molecule has 3 aromatic rings. The van der Waals surface area contributed by atoms with Crippen molar-refractivity contribution in [1.29, 1.82) is 0 Å². The molecule has 160 valence electrons. The highest BCUT2D eigenvalue weighted by atomic mass is 79.9.